The fourth-order valence-electron chi connectivity index (χ4n) is 1.64. The third kappa shape index (κ3) is 5.36. The fraction of sp³-hybridized carbons (Fsp3) is 0.417. The number of alkyl halides is 2. The molecular weight excluding hydrogens is 294 g/mol. The van der Waals surface area contributed by atoms with E-state index in [4.69, 9.17) is 34.7 Å². The highest BCUT2D eigenvalue weighted by Gasteiger charge is 2.14. The fourth-order valence-corrected chi connectivity index (χ4v) is 2.01. The van der Waals surface area contributed by atoms with Gasteiger partial charge in [0.1, 0.15) is 4.99 Å². The van der Waals surface area contributed by atoms with Crippen LogP contribution in [0.25, 0.3) is 0 Å². The first-order valence-electron chi connectivity index (χ1n) is 5.63. The predicted molar refractivity (Wildman–Crippen MR) is 75.7 cm³/mol. The van der Waals surface area contributed by atoms with E-state index in [1.807, 2.05) is 0 Å². The summed E-state index contributed by atoms with van der Waals surface area (Å²) >= 11 is 10.9. The molecule has 0 aromatic heterocycles. The van der Waals surface area contributed by atoms with Crippen molar-refractivity contribution in [1.29, 1.82) is 0 Å². The van der Waals surface area contributed by atoms with E-state index in [9.17, 15) is 8.78 Å². The molecular formula is C12H15ClF2N2OS. The molecule has 7 heteroatoms. The third-order valence-corrected chi connectivity index (χ3v) is 3.13. The number of aliphatic hydroxyl groups excluding tert-OH is 1. The van der Waals surface area contributed by atoms with Crippen molar-refractivity contribution in [2.24, 2.45) is 5.73 Å². The Labute approximate surface area is 121 Å². The van der Waals surface area contributed by atoms with Crippen molar-refractivity contribution >= 4 is 28.8 Å². The summed E-state index contributed by atoms with van der Waals surface area (Å²) < 4.78 is 24.8. The van der Waals surface area contributed by atoms with Crippen molar-refractivity contribution < 1.29 is 13.9 Å². The number of thiocarbonyl (C=S) groups is 1. The first kappa shape index (κ1) is 16.2. The Morgan fingerprint density at radius 1 is 1.47 bits per heavy atom. The highest BCUT2D eigenvalue weighted by Crippen LogP contribution is 2.20. The average Bonchev–Trinajstić information content (AvgIpc) is 2.31. The number of nitrogens with zero attached hydrogens (tertiary/aromatic N) is 1. The Balaban J connectivity index is 2.81. The summed E-state index contributed by atoms with van der Waals surface area (Å²) in [6.45, 7) is -0.192. The minimum atomic E-state index is -2.46. The quantitative estimate of drug-likeness (QED) is 0.757. The van der Waals surface area contributed by atoms with Gasteiger partial charge in [-0.1, -0.05) is 36.0 Å². The van der Waals surface area contributed by atoms with Crippen LogP contribution < -0.4 is 5.73 Å². The maximum atomic E-state index is 12.4. The summed E-state index contributed by atoms with van der Waals surface area (Å²) in [5.41, 5.74) is 6.80. The van der Waals surface area contributed by atoms with Crippen molar-refractivity contribution in [1.82, 2.24) is 4.90 Å². The minimum absolute atomic E-state index is 0.164. The zero-order chi connectivity index (χ0) is 14.4. The molecule has 0 fully saturated rings. The average molecular weight is 309 g/mol. The smallest absolute Gasteiger partial charge is 0.251 e. The number of hydrogen-bond acceptors (Lipinski definition) is 3. The van der Waals surface area contributed by atoms with Gasteiger partial charge in [-0.15, -0.1) is 0 Å². The summed E-state index contributed by atoms with van der Waals surface area (Å²) in [6, 6.07) is 5.01. The molecule has 0 unspecified atom stereocenters. The van der Waals surface area contributed by atoms with E-state index in [-0.39, 0.29) is 24.7 Å². The van der Waals surface area contributed by atoms with Gasteiger partial charge in [-0.05, 0) is 11.6 Å². The van der Waals surface area contributed by atoms with Crippen molar-refractivity contribution in [3.63, 3.8) is 0 Å². The lowest BCUT2D eigenvalue weighted by molar-refractivity contribution is 0.0746. The van der Waals surface area contributed by atoms with E-state index in [0.717, 1.165) is 0 Å². The van der Waals surface area contributed by atoms with Gasteiger partial charge in [0, 0.05) is 23.7 Å². The molecule has 19 heavy (non-hydrogen) atoms. The molecule has 1 aromatic rings. The van der Waals surface area contributed by atoms with Gasteiger partial charge in [-0.25, -0.2) is 8.78 Å². The van der Waals surface area contributed by atoms with Crippen LogP contribution in [0.5, 0.6) is 0 Å². The number of rotatable bonds is 7. The molecule has 0 aliphatic carbocycles. The van der Waals surface area contributed by atoms with Gasteiger partial charge >= 0.3 is 0 Å². The number of nitrogens with two attached hydrogens (primary N) is 1. The van der Waals surface area contributed by atoms with E-state index in [2.05, 4.69) is 0 Å². The number of halogens is 3. The first-order valence-corrected chi connectivity index (χ1v) is 6.42. The molecule has 3 nitrogen and oxygen atoms in total. The molecule has 0 spiro atoms. The van der Waals surface area contributed by atoms with Gasteiger partial charge < -0.3 is 10.8 Å². The van der Waals surface area contributed by atoms with Crippen molar-refractivity contribution in [2.75, 3.05) is 19.7 Å². The molecule has 0 saturated carbocycles. The Morgan fingerprint density at radius 2 is 2.16 bits per heavy atom. The largest absolute Gasteiger partial charge is 0.395 e. The van der Waals surface area contributed by atoms with Gasteiger partial charge in [0.25, 0.3) is 6.43 Å². The number of hydrogen-bond donors (Lipinski definition) is 2. The second kappa shape index (κ2) is 7.69. The molecule has 1 aromatic carbocycles. The van der Waals surface area contributed by atoms with Crippen molar-refractivity contribution in [2.45, 2.75) is 13.0 Å². The summed E-state index contributed by atoms with van der Waals surface area (Å²) in [6.07, 6.45) is -2.46. The van der Waals surface area contributed by atoms with Gasteiger partial charge in [0.2, 0.25) is 0 Å². The van der Waals surface area contributed by atoms with Crippen LogP contribution in [-0.4, -0.2) is 41.1 Å². The number of aliphatic hydroxyl groups is 1. The lowest BCUT2D eigenvalue weighted by Crippen LogP contribution is -2.31. The van der Waals surface area contributed by atoms with Crippen LogP contribution in [0.2, 0.25) is 5.02 Å². The molecule has 0 aliphatic heterocycles. The van der Waals surface area contributed by atoms with Crippen LogP contribution in [-0.2, 0) is 6.54 Å². The predicted octanol–water partition coefficient (Wildman–Crippen LogP) is 2.03. The molecule has 0 heterocycles. The van der Waals surface area contributed by atoms with Crippen LogP contribution in [0, 0.1) is 0 Å². The first-order chi connectivity index (χ1) is 8.93. The second-order valence-electron chi connectivity index (χ2n) is 4.02. The molecule has 106 valence electrons. The molecule has 0 bridgehead atoms. The SMILES string of the molecule is NC(=S)c1ccc(CN(CCO)CC(F)F)c(Cl)c1. The van der Waals surface area contributed by atoms with Crippen LogP contribution in [0.1, 0.15) is 11.1 Å². The maximum absolute atomic E-state index is 12.4. The molecule has 1 rings (SSSR count). The summed E-state index contributed by atoms with van der Waals surface area (Å²) in [5.74, 6) is 0. The van der Waals surface area contributed by atoms with Gasteiger partial charge in [0.15, 0.2) is 0 Å². The van der Waals surface area contributed by atoms with Gasteiger partial charge in [-0.3, -0.25) is 4.90 Å². The van der Waals surface area contributed by atoms with Crippen LogP contribution in [0.15, 0.2) is 18.2 Å². The lowest BCUT2D eigenvalue weighted by atomic mass is 10.1. The Hall–Kier alpha value is -0.820. The van der Waals surface area contributed by atoms with Crippen LogP contribution in [0.3, 0.4) is 0 Å². The Bertz CT molecular complexity index is 446. The monoisotopic (exact) mass is 308 g/mol. The molecule has 0 amide bonds. The van der Waals surface area contributed by atoms with Gasteiger partial charge in [0.05, 0.1) is 13.2 Å². The zero-order valence-electron chi connectivity index (χ0n) is 10.2. The van der Waals surface area contributed by atoms with Crippen LogP contribution >= 0.6 is 23.8 Å². The topological polar surface area (TPSA) is 49.5 Å². The van der Waals surface area contributed by atoms with E-state index in [1.165, 1.54) is 4.90 Å². The van der Waals surface area contributed by atoms with Gasteiger partial charge in [-0.2, -0.15) is 0 Å². The zero-order valence-corrected chi connectivity index (χ0v) is 11.7. The van der Waals surface area contributed by atoms with Crippen molar-refractivity contribution in [3.05, 3.63) is 34.3 Å². The molecule has 0 radical (unpaired) electrons. The highest BCUT2D eigenvalue weighted by molar-refractivity contribution is 7.80. The standard InChI is InChI=1S/C12H15ClF2N2OS/c13-10-5-8(12(16)19)1-2-9(10)6-17(3-4-18)7-11(14)15/h1-2,5,11,18H,3-4,6-7H2,(H2,16,19). The molecule has 0 saturated heterocycles. The molecule has 0 aliphatic rings. The Morgan fingerprint density at radius 3 is 2.63 bits per heavy atom. The summed E-state index contributed by atoms with van der Waals surface area (Å²) in [7, 11) is 0. The van der Waals surface area contributed by atoms with E-state index < -0.39 is 13.0 Å². The maximum Gasteiger partial charge on any atom is 0.251 e. The van der Waals surface area contributed by atoms with Crippen molar-refractivity contribution in [3.8, 4) is 0 Å². The number of benzene rings is 1. The second-order valence-corrected chi connectivity index (χ2v) is 4.87. The van der Waals surface area contributed by atoms with Crippen LogP contribution in [0.4, 0.5) is 8.78 Å². The lowest BCUT2D eigenvalue weighted by Gasteiger charge is -2.21. The van der Waals surface area contributed by atoms with E-state index in [0.29, 0.717) is 16.1 Å². The normalized spacial score (nSPS) is 11.3. The molecule has 0 atom stereocenters. The Kier molecular flexibility index (Phi) is 6.57. The summed E-state index contributed by atoms with van der Waals surface area (Å²) in [4.78, 5) is 1.67. The molecule has 3 N–H and O–H groups in total. The summed E-state index contributed by atoms with van der Waals surface area (Å²) in [5, 5.41) is 9.28. The highest BCUT2D eigenvalue weighted by atomic mass is 35.5. The third-order valence-electron chi connectivity index (χ3n) is 2.54. The van der Waals surface area contributed by atoms with E-state index >= 15 is 0 Å². The van der Waals surface area contributed by atoms with E-state index in [1.54, 1.807) is 18.2 Å². The minimum Gasteiger partial charge on any atom is -0.395 e.